The van der Waals surface area contributed by atoms with Gasteiger partial charge in [-0.3, -0.25) is 0 Å². The van der Waals surface area contributed by atoms with E-state index in [0.717, 1.165) is 10.0 Å². The highest BCUT2D eigenvalue weighted by atomic mass is 79.9. The van der Waals surface area contributed by atoms with E-state index in [2.05, 4.69) is 22.0 Å². The zero-order valence-electron chi connectivity index (χ0n) is 6.67. The van der Waals surface area contributed by atoms with Crippen LogP contribution in [0.5, 0.6) is 0 Å². The van der Waals surface area contributed by atoms with Crippen LogP contribution in [-0.2, 0) is 11.3 Å². The Kier molecular flexibility index (Phi) is 3.27. The maximum absolute atomic E-state index is 8.62. The quantitative estimate of drug-likeness (QED) is 0.775. The molecule has 0 aromatic heterocycles. The van der Waals surface area contributed by atoms with E-state index >= 15 is 0 Å². The van der Waals surface area contributed by atoms with Gasteiger partial charge in [0.25, 0.3) is 0 Å². The van der Waals surface area contributed by atoms with Gasteiger partial charge in [0.1, 0.15) is 0 Å². The van der Waals surface area contributed by atoms with E-state index in [0.29, 0.717) is 12.2 Å². The molecule has 12 heavy (non-hydrogen) atoms. The second-order valence-electron chi connectivity index (χ2n) is 2.35. The summed E-state index contributed by atoms with van der Waals surface area (Å²) in [6, 6.07) is 7.51. The highest BCUT2D eigenvalue weighted by Gasteiger charge is 1.99. The van der Waals surface area contributed by atoms with Crippen molar-refractivity contribution < 1.29 is 4.74 Å². The lowest BCUT2D eigenvalue weighted by molar-refractivity contribution is 0.184. The average molecular weight is 226 g/mol. The van der Waals surface area contributed by atoms with Crippen LogP contribution in [0.2, 0.25) is 0 Å². The number of rotatable bonds is 2. The lowest BCUT2D eigenvalue weighted by atomic mass is 10.1. The van der Waals surface area contributed by atoms with Crippen LogP contribution in [0.15, 0.2) is 22.7 Å². The third-order valence-corrected chi connectivity index (χ3v) is 2.25. The Morgan fingerprint density at radius 3 is 2.92 bits per heavy atom. The summed E-state index contributed by atoms with van der Waals surface area (Å²) in [5.74, 6) is 0. The van der Waals surface area contributed by atoms with Gasteiger partial charge in [-0.1, -0.05) is 15.9 Å². The fourth-order valence-electron chi connectivity index (χ4n) is 0.910. The Bertz CT molecular complexity index is 317. The van der Waals surface area contributed by atoms with Gasteiger partial charge >= 0.3 is 0 Å². The predicted molar refractivity (Wildman–Crippen MR) is 49.6 cm³/mol. The van der Waals surface area contributed by atoms with Crippen molar-refractivity contribution in [3.8, 4) is 6.07 Å². The Labute approximate surface area is 79.9 Å². The van der Waals surface area contributed by atoms with Crippen molar-refractivity contribution in [1.29, 1.82) is 5.26 Å². The minimum absolute atomic E-state index is 0.524. The van der Waals surface area contributed by atoms with Gasteiger partial charge in [-0.05, 0) is 23.8 Å². The average Bonchev–Trinajstić information content (AvgIpc) is 2.09. The molecule has 0 saturated carbocycles. The maximum Gasteiger partial charge on any atom is 0.0991 e. The second kappa shape index (κ2) is 4.24. The number of halogens is 1. The molecular weight excluding hydrogens is 218 g/mol. The summed E-state index contributed by atoms with van der Waals surface area (Å²) in [7, 11) is 1.63. The monoisotopic (exact) mass is 225 g/mol. The summed E-state index contributed by atoms with van der Waals surface area (Å²) in [5, 5.41) is 8.62. The van der Waals surface area contributed by atoms with Crippen molar-refractivity contribution in [2.45, 2.75) is 6.61 Å². The zero-order valence-corrected chi connectivity index (χ0v) is 8.26. The molecule has 1 rings (SSSR count). The molecule has 1 aromatic rings. The van der Waals surface area contributed by atoms with Gasteiger partial charge in [-0.25, -0.2) is 0 Å². The smallest absolute Gasteiger partial charge is 0.0991 e. The van der Waals surface area contributed by atoms with Crippen LogP contribution in [0.1, 0.15) is 11.1 Å². The van der Waals surface area contributed by atoms with E-state index in [1.54, 1.807) is 13.2 Å². The highest BCUT2D eigenvalue weighted by molar-refractivity contribution is 9.10. The van der Waals surface area contributed by atoms with E-state index in [1.165, 1.54) is 0 Å². The Hall–Kier alpha value is -0.850. The van der Waals surface area contributed by atoms with E-state index in [-0.39, 0.29) is 0 Å². The van der Waals surface area contributed by atoms with Gasteiger partial charge in [0, 0.05) is 11.6 Å². The van der Waals surface area contributed by atoms with Crippen molar-refractivity contribution in [2.24, 2.45) is 0 Å². The number of hydrogen-bond donors (Lipinski definition) is 0. The van der Waals surface area contributed by atoms with Gasteiger partial charge in [-0.2, -0.15) is 5.26 Å². The first-order valence-corrected chi connectivity index (χ1v) is 4.24. The standard InChI is InChI=1S/C9H8BrNO/c1-12-6-8-4-7(5-11)2-3-9(8)10/h2-4H,6H2,1H3. The molecule has 0 aliphatic carbocycles. The number of methoxy groups -OCH3 is 1. The Morgan fingerprint density at radius 2 is 2.33 bits per heavy atom. The minimum atomic E-state index is 0.524. The van der Waals surface area contributed by atoms with Crippen LogP contribution in [0.3, 0.4) is 0 Å². The molecule has 0 aliphatic rings. The SMILES string of the molecule is COCc1cc(C#N)ccc1Br. The lowest BCUT2D eigenvalue weighted by Crippen LogP contribution is -1.89. The van der Waals surface area contributed by atoms with Gasteiger partial charge in [0.2, 0.25) is 0 Å². The maximum atomic E-state index is 8.62. The summed E-state index contributed by atoms with van der Waals surface area (Å²) in [6.07, 6.45) is 0. The first kappa shape index (κ1) is 9.24. The molecule has 2 nitrogen and oxygen atoms in total. The van der Waals surface area contributed by atoms with E-state index < -0.39 is 0 Å². The number of ether oxygens (including phenoxy) is 1. The second-order valence-corrected chi connectivity index (χ2v) is 3.21. The summed E-state index contributed by atoms with van der Waals surface area (Å²) in [5.41, 5.74) is 1.65. The molecule has 0 fully saturated rings. The third-order valence-electron chi connectivity index (χ3n) is 1.47. The molecule has 0 heterocycles. The van der Waals surface area contributed by atoms with E-state index in [1.807, 2.05) is 12.1 Å². The molecule has 0 bridgehead atoms. The first-order chi connectivity index (χ1) is 5.77. The topological polar surface area (TPSA) is 33.0 Å². The van der Waals surface area contributed by atoms with E-state index in [4.69, 9.17) is 10.00 Å². The van der Waals surface area contributed by atoms with Gasteiger partial charge in [-0.15, -0.1) is 0 Å². The molecule has 62 valence electrons. The largest absolute Gasteiger partial charge is 0.380 e. The Morgan fingerprint density at radius 1 is 1.58 bits per heavy atom. The van der Waals surface area contributed by atoms with E-state index in [9.17, 15) is 0 Å². The van der Waals surface area contributed by atoms with Crippen LogP contribution in [0, 0.1) is 11.3 Å². The molecular formula is C9H8BrNO. The van der Waals surface area contributed by atoms with Crippen LogP contribution in [0.4, 0.5) is 0 Å². The van der Waals surface area contributed by atoms with Crippen molar-refractivity contribution >= 4 is 15.9 Å². The molecule has 0 spiro atoms. The van der Waals surface area contributed by atoms with Gasteiger partial charge in [0.05, 0.1) is 18.2 Å². The molecule has 0 amide bonds. The van der Waals surface area contributed by atoms with Crippen molar-refractivity contribution in [2.75, 3.05) is 7.11 Å². The lowest BCUT2D eigenvalue weighted by Gasteiger charge is -2.02. The van der Waals surface area contributed by atoms with Crippen LogP contribution in [-0.4, -0.2) is 7.11 Å². The molecule has 1 aromatic carbocycles. The predicted octanol–water partition coefficient (Wildman–Crippen LogP) is 2.47. The number of hydrogen-bond acceptors (Lipinski definition) is 2. The van der Waals surface area contributed by atoms with Crippen LogP contribution >= 0.6 is 15.9 Å². The third kappa shape index (κ3) is 2.07. The number of benzene rings is 1. The summed E-state index contributed by atoms with van der Waals surface area (Å²) in [4.78, 5) is 0. The molecule has 3 heteroatoms. The van der Waals surface area contributed by atoms with Crippen molar-refractivity contribution in [3.05, 3.63) is 33.8 Å². The van der Waals surface area contributed by atoms with Crippen LogP contribution < -0.4 is 0 Å². The number of nitrogens with zero attached hydrogens (tertiary/aromatic N) is 1. The fourth-order valence-corrected chi connectivity index (χ4v) is 1.27. The Balaban J connectivity index is 3.01. The summed E-state index contributed by atoms with van der Waals surface area (Å²) < 4.78 is 5.94. The summed E-state index contributed by atoms with van der Waals surface area (Å²) in [6.45, 7) is 0.524. The zero-order chi connectivity index (χ0) is 8.97. The van der Waals surface area contributed by atoms with Crippen molar-refractivity contribution in [3.63, 3.8) is 0 Å². The molecule has 0 atom stereocenters. The molecule has 0 saturated heterocycles. The first-order valence-electron chi connectivity index (χ1n) is 3.45. The molecule has 0 N–H and O–H groups in total. The molecule has 0 aliphatic heterocycles. The highest BCUT2D eigenvalue weighted by Crippen LogP contribution is 2.18. The van der Waals surface area contributed by atoms with Gasteiger partial charge in [0.15, 0.2) is 0 Å². The van der Waals surface area contributed by atoms with Gasteiger partial charge < -0.3 is 4.74 Å². The minimum Gasteiger partial charge on any atom is -0.380 e. The normalized spacial score (nSPS) is 9.42. The number of nitriles is 1. The van der Waals surface area contributed by atoms with Crippen LogP contribution in [0.25, 0.3) is 0 Å². The molecule has 0 radical (unpaired) electrons. The summed E-state index contributed by atoms with van der Waals surface area (Å²) >= 11 is 3.37. The molecule has 0 unspecified atom stereocenters. The van der Waals surface area contributed by atoms with Crippen molar-refractivity contribution in [1.82, 2.24) is 0 Å². The fraction of sp³-hybridized carbons (Fsp3) is 0.222.